The number of thioether (sulfide) groups is 1. The summed E-state index contributed by atoms with van der Waals surface area (Å²) >= 11 is 1.61. The van der Waals surface area contributed by atoms with E-state index in [0.29, 0.717) is 31.3 Å². The fourth-order valence-corrected chi connectivity index (χ4v) is 4.39. The molecule has 7 heteroatoms. The van der Waals surface area contributed by atoms with Crippen molar-refractivity contribution in [2.75, 3.05) is 31.6 Å². The monoisotopic (exact) mass is 370 g/mol. The Balaban J connectivity index is 1.61. The predicted octanol–water partition coefficient (Wildman–Crippen LogP) is 2.02. The molecule has 2 rings (SSSR count). The molecule has 1 saturated heterocycles. The number of benzene rings is 1. The molecule has 1 aromatic rings. The summed E-state index contributed by atoms with van der Waals surface area (Å²) in [5, 5.41) is 2.97. The zero-order valence-corrected chi connectivity index (χ0v) is 16.0. The quantitative estimate of drug-likeness (QED) is 0.797. The Morgan fingerprint density at radius 2 is 1.88 bits per heavy atom. The zero-order chi connectivity index (χ0) is 17.6. The van der Waals surface area contributed by atoms with Gasteiger partial charge in [-0.25, -0.2) is 12.7 Å². The highest BCUT2D eigenvalue weighted by molar-refractivity contribution is 7.99. The van der Waals surface area contributed by atoms with Crippen LogP contribution in [0.4, 0.5) is 0 Å². The zero-order valence-electron chi connectivity index (χ0n) is 14.3. The molecule has 0 saturated carbocycles. The SMILES string of the molecule is Cc1ccc(CSCC(=O)NCC2CCN(S(C)(=O)=O)CC2)cc1. The lowest BCUT2D eigenvalue weighted by molar-refractivity contribution is -0.118. The first kappa shape index (κ1) is 19.3. The van der Waals surface area contributed by atoms with Crippen LogP contribution in [0.15, 0.2) is 24.3 Å². The third-order valence-corrected chi connectivity index (χ3v) is 6.56. The molecule has 0 aliphatic carbocycles. The van der Waals surface area contributed by atoms with Crippen LogP contribution in [0.1, 0.15) is 24.0 Å². The van der Waals surface area contributed by atoms with Crippen LogP contribution in [-0.4, -0.2) is 50.3 Å². The first-order valence-electron chi connectivity index (χ1n) is 8.19. The molecule has 1 fully saturated rings. The maximum atomic E-state index is 11.9. The number of amides is 1. The lowest BCUT2D eigenvalue weighted by Gasteiger charge is -2.30. The van der Waals surface area contributed by atoms with Gasteiger partial charge >= 0.3 is 0 Å². The summed E-state index contributed by atoms with van der Waals surface area (Å²) in [6.07, 6.45) is 2.87. The molecule has 0 atom stereocenters. The Morgan fingerprint density at radius 3 is 2.46 bits per heavy atom. The standard InChI is InChI=1S/C17H26N2O3S2/c1-14-3-5-16(6-4-14)12-23-13-17(20)18-11-15-7-9-19(10-8-15)24(2,21)22/h3-6,15H,7-13H2,1-2H3,(H,18,20). The lowest BCUT2D eigenvalue weighted by atomic mass is 9.98. The van der Waals surface area contributed by atoms with Gasteiger partial charge in [-0.3, -0.25) is 4.79 Å². The van der Waals surface area contributed by atoms with Crippen molar-refractivity contribution >= 4 is 27.7 Å². The van der Waals surface area contributed by atoms with E-state index in [1.807, 2.05) is 0 Å². The van der Waals surface area contributed by atoms with Gasteiger partial charge in [0.25, 0.3) is 0 Å². The minimum Gasteiger partial charge on any atom is -0.355 e. The Hall–Kier alpha value is -1.05. The van der Waals surface area contributed by atoms with E-state index in [9.17, 15) is 13.2 Å². The molecule has 5 nitrogen and oxygen atoms in total. The number of carbonyl (C=O) groups is 1. The van der Waals surface area contributed by atoms with E-state index in [0.717, 1.165) is 18.6 Å². The molecule has 1 N–H and O–H groups in total. The van der Waals surface area contributed by atoms with Crippen molar-refractivity contribution in [3.63, 3.8) is 0 Å². The molecule has 1 aromatic carbocycles. The van der Waals surface area contributed by atoms with Crippen LogP contribution in [0.3, 0.4) is 0 Å². The van der Waals surface area contributed by atoms with Crippen LogP contribution < -0.4 is 5.32 Å². The van der Waals surface area contributed by atoms with Gasteiger partial charge in [-0.05, 0) is 31.2 Å². The first-order chi connectivity index (χ1) is 11.3. The second-order valence-corrected chi connectivity index (χ2v) is 9.36. The molecule has 24 heavy (non-hydrogen) atoms. The number of rotatable bonds is 7. The van der Waals surface area contributed by atoms with Crippen LogP contribution in [0.5, 0.6) is 0 Å². The highest BCUT2D eigenvalue weighted by Gasteiger charge is 2.24. The number of aryl methyl sites for hydroxylation is 1. The van der Waals surface area contributed by atoms with Gasteiger partial charge in [-0.2, -0.15) is 0 Å². The van der Waals surface area contributed by atoms with Crippen molar-refractivity contribution in [2.24, 2.45) is 5.92 Å². The predicted molar refractivity (Wildman–Crippen MR) is 99.5 cm³/mol. The van der Waals surface area contributed by atoms with Gasteiger partial charge in [0, 0.05) is 25.4 Å². The Kier molecular flexibility index (Phi) is 7.13. The third-order valence-electron chi connectivity index (χ3n) is 4.25. The summed E-state index contributed by atoms with van der Waals surface area (Å²) in [6.45, 7) is 3.81. The molecule has 0 radical (unpaired) electrons. The highest BCUT2D eigenvalue weighted by Crippen LogP contribution is 2.18. The summed E-state index contributed by atoms with van der Waals surface area (Å²) in [5.41, 5.74) is 2.47. The van der Waals surface area contributed by atoms with Gasteiger partial charge in [0.05, 0.1) is 12.0 Å². The average molecular weight is 371 g/mol. The van der Waals surface area contributed by atoms with Crippen molar-refractivity contribution in [3.8, 4) is 0 Å². The molecule has 1 heterocycles. The summed E-state index contributed by atoms with van der Waals surface area (Å²) in [5.74, 6) is 1.71. The number of sulfonamides is 1. The van der Waals surface area contributed by atoms with Crippen LogP contribution in [0.2, 0.25) is 0 Å². The summed E-state index contributed by atoms with van der Waals surface area (Å²) in [7, 11) is -3.08. The summed E-state index contributed by atoms with van der Waals surface area (Å²) in [4.78, 5) is 11.9. The smallest absolute Gasteiger partial charge is 0.230 e. The molecule has 0 unspecified atom stereocenters. The number of nitrogens with one attached hydrogen (secondary N) is 1. The Bertz CT molecular complexity index is 636. The van der Waals surface area contributed by atoms with Gasteiger partial charge in [0.1, 0.15) is 0 Å². The van der Waals surface area contributed by atoms with Crippen molar-refractivity contribution in [3.05, 3.63) is 35.4 Å². The van der Waals surface area contributed by atoms with Gasteiger partial charge in [0.2, 0.25) is 15.9 Å². The second kappa shape index (κ2) is 8.87. The Labute approximate surface area is 149 Å². The molecular weight excluding hydrogens is 344 g/mol. The molecule has 134 valence electrons. The molecule has 1 aliphatic rings. The largest absolute Gasteiger partial charge is 0.355 e. The maximum Gasteiger partial charge on any atom is 0.230 e. The topological polar surface area (TPSA) is 66.5 Å². The van der Waals surface area contributed by atoms with Gasteiger partial charge in [0.15, 0.2) is 0 Å². The average Bonchev–Trinajstić information content (AvgIpc) is 2.54. The van der Waals surface area contributed by atoms with E-state index in [4.69, 9.17) is 0 Å². The number of hydrogen-bond acceptors (Lipinski definition) is 4. The normalized spacial score (nSPS) is 16.9. The molecule has 0 bridgehead atoms. The van der Waals surface area contributed by atoms with Crippen molar-refractivity contribution < 1.29 is 13.2 Å². The summed E-state index contributed by atoms with van der Waals surface area (Å²) < 4.78 is 24.4. The van der Waals surface area contributed by atoms with E-state index in [-0.39, 0.29) is 5.91 Å². The lowest BCUT2D eigenvalue weighted by Crippen LogP contribution is -2.41. The summed E-state index contributed by atoms with van der Waals surface area (Å²) in [6, 6.07) is 8.35. The molecule has 1 aliphatic heterocycles. The van der Waals surface area contributed by atoms with E-state index in [1.54, 1.807) is 11.8 Å². The van der Waals surface area contributed by atoms with Crippen LogP contribution in [-0.2, 0) is 20.6 Å². The van der Waals surface area contributed by atoms with E-state index < -0.39 is 10.0 Å². The maximum absolute atomic E-state index is 11.9. The first-order valence-corrected chi connectivity index (χ1v) is 11.2. The van der Waals surface area contributed by atoms with E-state index >= 15 is 0 Å². The van der Waals surface area contributed by atoms with E-state index in [2.05, 4.69) is 36.5 Å². The third kappa shape index (κ3) is 6.45. The number of hydrogen-bond donors (Lipinski definition) is 1. The minimum absolute atomic E-state index is 0.0534. The molecule has 1 amide bonds. The number of piperidine rings is 1. The minimum atomic E-state index is -3.08. The van der Waals surface area contributed by atoms with Crippen molar-refractivity contribution in [2.45, 2.75) is 25.5 Å². The van der Waals surface area contributed by atoms with Crippen LogP contribution >= 0.6 is 11.8 Å². The Morgan fingerprint density at radius 1 is 1.25 bits per heavy atom. The highest BCUT2D eigenvalue weighted by atomic mass is 32.2. The molecular formula is C17H26N2O3S2. The number of nitrogens with zero attached hydrogens (tertiary/aromatic N) is 1. The van der Waals surface area contributed by atoms with Crippen molar-refractivity contribution in [1.29, 1.82) is 0 Å². The van der Waals surface area contributed by atoms with Gasteiger partial charge in [-0.15, -0.1) is 11.8 Å². The number of carbonyl (C=O) groups excluding carboxylic acids is 1. The second-order valence-electron chi connectivity index (χ2n) is 6.39. The fraction of sp³-hybridized carbons (Fsp3) is 0.588. The van der Waals surface area contributed by atoms with E-state index in [1.165, 1.54) is 21.7 Å². The molecule has 0 aromatic heterocycles. The van der Waals surface area contributed by atoms with Crippen LogP contribution in [0, 0.1) is 12.8 Å². The van der Waals surface area contributed by atoms with Crippen molar-refractivity contribution in [1.82, 2.24) is 9.62 Å². The van der Waals surface area contributed by atoms with Crippen LogP contribution in [0.25, 0.3) is 0 Å². The molecule has 0 spiro atoms. The fourth-order valence-electron chi connectivity index (χ4n) is 2.70. The van der Waals surface area contributed by atoms with Gasteiger partial charge < -0.3 is 5.32 Å². The van der Waals surface area contributed by atoms with Gasteiger partial charge in [-0.1, -0.05) is 29.8 Å².